The molecule has 3 aromatic rings. The van der Waals surface area contributed by atoms with Crippen molar-refractivity contribution in [3.63, 3.8) is 0 Å². The Morgan fingerprint density at radius 2 is 1.10 bits per heavy atom. The highest BCUT2D eigenvalue weighted by Crippen LogP contribution is 2.30. The van der Waals surface area contributed by atoms with Gasteiger partial charge in [0.05, 0.1) is 6.61 Å². The third-order valence-corrected chi connectivity index (χ3v) is 5.96. The van der Waals surface area contributed by atoms with Gasteiger partial charge in [-0.1, -0.05) is 124 Å². The molecule has 0 aliphatic heterocycles. The van der Waals surface area contributed by atoms with Crippen molar-refractivity contribution in [2.75, 3.05) is 6.61 Å². The van der Waals surface area contributed by atoms with E-state index in [2.05, 4.69) is 106 Å². The van der Waals surface area contributed by atoms with E-state index in [9.17, 15) is 0 Å². The minimum Gasteiger partial charge on any atom is -0.492 e. The van der Waals surface area contributed by atoms with Crippen molar-refractivity contribution >= 4 is 56.2 Å². The fourth-order valence-electron chi connectivity index (χ4n) is 2.90. The standard InChI is InChI=1S/C26H24Br2O/c1-2-3-19-29-26-22(17-15-20-9-4-6-13-24(20)27)11-8-12-23(26)18-16-21-10-5-7-14-25(21)28/h4-18H,2-3,19H2,1H3/b17-15+,18-16+. The Morgan fingerprint density at radius 1 is 0.655 bits per heavy atom. The number of hydrogen-bond acceptors (Lipinski definition) is 1. The van der Waals surface area contributed by atoms with Gasteiger partial charge in [-0.15, -0.1) is 0 Å². The van der Waals surface area contributed by atoms with Crippen LogP contribution in [-0.4, -0.2) is 6.61 Å². The minimum absolute atomic E-state index is 0.715. The van der Waals surface area contributed by atoms with E-state index < -0.39 is 0 Å². The largest absolute Gasteiger partial charge is 0.492 e. The second-order valence-electron chi connectivity index (χ2n) is 6.68. The summed E-state index contributed by atoms with van der Waals surface area (Å²) < 4.78 is 8.38. The van der Waals surface area contributed by atoms with E-state index in [-0.39, 0.29) is 0 Å². The Morgan fingerprint density at radius 3 is 1.59 bits per heavy atom. The van der Waals surface area contributed by atoms with Crippen LogP contribution in [0.15, 0.2) is 75.7 Å². The number of para-hydroxylation sites is 1. The summed E-state index contributed by atoms with van der Waals surface area (Å²) in [6.07, 6.45) is 10.6. The van der Waals surface area contributed by atoms with Crippen molar-refractivity contribution in [2.24, 2.45) is 0 Å². The SMILES string of the molecule is CCCCOc1c(/C=C/c2ccccc2Br)cccc1/C=C/c1ccccc1Br. The molecule has 0 unspecified atom stereocenters. The van der Waals surface area contributed by atoms with Crippen LogP contribution in [0.1, 0.15) is 42.0 Å². The lowest BCUT2D eigenvalue weighted by Crippen LogP contribution is -2.00. The molecule has 0 atom stereocenters. The molecule has 0 fully saturated rings. The highest BCUT2D eigenvalue weighted by atomic mass is 79.9. The molecule has 148 valence electrons. The van der Waals surface area contributed by atoms with E-state index in [0.717, 1.165) is 49.8 Å². The van der Waals surface area contributed by atoms with Gasteiger partial charge < -0.3 is 4.74 Å². The van der Waals surface area contributed by atoms with Crippen LogP contribution in [0, 0.1) is 0 Å². The molecule has 0 N–H and O–H groups in total. The molecule has 3 rings (SSSR count). The number of benzene rings is 3. The first kappa shape index (κ1) is 21.6. The summed E-state index contributed by atoms with van der Waals surface area (Å²) >= 11 is 7.23. The minimum atomic E-state index is 0.715. The van der Waals surface area contributed by atoms with Crippen molar-refractivity contribution in [1.29, 1.82) is 0 Å². The van der Waals surface area contributed by atoms with E-state index in [1.54, 1.807) is 0 Å². The van der Waals surface area contributed by atoms with Gasteiger partial charge in [-0.25, -0.2) is 0 Å². The van der Waals surface area contributed by atoms with Gasteiger partial charge in [0.2, 0.25) is 0 Å². The maximum absolute atomic E-state index is 6.22. The quantitative estimate of drug-likeness (QED) is 0.217. The van der Waals surface area contributed by atoms with Crippen LogP contribution in [0.25, 0.3) is 24.3 Å². The van der Waals surface area contributed by atoms with Gasteiger partial charge in [-0.05, 0) is 29.7 Å². The van der Waals surface area contributed by atoms with Gasteiger partial charge in [0, 0.05) is 20.1 Å². The number of rotatable bonds is 8. The van der Waals surface area contributed by atoms with Crippen LogP contribution < -0.4 is 4.74 Å². The Hall–Kier alpha value is -2.10. The predicted octanol–water partition coefficient (Wildman–Crippen LogP) is 8.73. The summed E-state index contributed by atoms with van der Waals surface area (Å²) in [6.45, 7) is 2.89. The van der Waals surface area contributed by atoms with E-state index in [0.29, 0.717) is 6.61 Å². The Kier molecular flexibility index (Phi) is 8.33. The topological polar surface area (TPSA) is 9.23 Å². The molecule has 0 heterocycles. The molecular formula is C26H24Br2O. The van der Waals surface area contributed by atoms with Crippen LogP contribution >= 0.6 is 31.9 Å². The van der Waals surface area contributed by atoms with E-state index in [1.807, 2.05) is 24.3 Å². The Labute approximate surface area is 190 Å². The van der Waals surface area contributed by atoms with Crippen LogP contribution in [0.2, 0.25) is 0 Å². The summed E-state index contributed by atoms with van der Waals surface area (Å²) in [5, 5.41) is 0. The van der Waals surface area contributed by atoms with Crippen LogP contribution in [0.3, 0.4) is 0 Å². The monoisotopic (exact) mass is 510 g/mol. The molecule has 1 nitrogen and oxygen atoms in total. The van der Waals surface area contributed by atoms with Crippen molar-refractivity contribution in [1.82, 2.24) is 0 Å². The fraction of sp³-hybridized carbons (Fsp3) is 0.154. The summed E-state index contributed by atoms with van der Waals surface area (Å²) in [7, 11) is 0. The maximum Gasteiger partial charge on any atom is 0.133 e. The summed E-state index contributed by atoms with van der Waals surface area (Å²) in [5.74, 6) is 0.924. The van der Waals surface area contributed by atoms with Crippen molar-refractivity contribution < 1.29 is 4.74 Å². The number of hydrogen-bond donors (Lipinski definition) is 0. The first-order valence-corrected chi connectivity index (χ1v) is 11.4. The zero-order valence-corrected chi connectivity index (χ0v) is 19.6. The van der Waals surface area contributed by atoms with Gasteiger partial charge in [-0.2, -0.15) is 0 Å². The molecule has 0 radical (unpaired) electrons. The number of ether oxygens (including phenoxy) is 1. The van der Waals surface area contributed by atoms with Crippen LogP contribution in [-0.2, 0) is 0 Å². The van der Waals surface area contributed by atoms with Crippen molar-refractivity contribution in [2.45, 2.75) is 19.8 Å². The third-order valence-electron chi connectivity index (χ3n) is 4.52. The second-order valence-corrected chi connectivity index (χ2v) is 8.39. The molecule has 0 saturated carbocycles. The third kappa shape index (κ3) is 6.19. The number of halogens is 2. The average Bonchev–Trinajstić information content (AvgIpc) is 2.74. The van der Waals surface area contributed by atoms with Gasteiger partial charge >= 0.3 is 0 Å². The smallest absolute Gasteiger partial charge is 0.133 e. The molecule has 0 aromatic heterocycles. The molecule has 0 aliphatic rings. The highest BCUT2D eigenvalue weighted by Gasteiger charge is 2.07. The molecule has 0 spiro atoms. The molecule has 29 heavy (non-hydrogen) atoms. The highest BCUT2D eigenvalue weighted by molar-refractivity contribution is 9.10. The van der Waals surface area contributed by atoms with E-state index in [1.165, 1.54) is 0 Å². The van der Waals surface area contributed by atoms with Gasteiger partial charge in [0.15, 0.2) is 0 Å². The predicted molar refractivity (Wildman–Crippen MR) is 133 cm³/mol. The summed E-state index contributed by atoms with van der Waals surface area (Å²) in [4.78, 5) is 0. The fourth-order valence-corrected chi connectivity index (χ4v) is 3.73. The normalized spacial score (nSPS) is 11.4. The molecule has 3 heteroatoms. The van der Waals surface area contributed by atoms with Gasteiger partial charge in [0.25, 0.3) is 0 Å². The van der Waals surface area contributed by atoms with Gasteiger partial charge in [-0.3, -0.25) is 0 Å². The molecule has 3 aromatic carbocycles. The molecule has 0 saturated heterocycles. The van der Waals surface area contributed by atoms with E-state index in [4.69, 9.17) is 4.74 Å². The second kappa shape index (κ2) is 11.2. The Bertz CT molecular complexity index is 931. The zero-order valence-electron chi connectivity index (χ0n) is 16.4. The number of unbranched alkanes of at least 4 members (excludes halogenated alkanes) is 1. The van der Waals surface area contributed by atoms with Crippen molar-refractivity contribution in [3.05, 3.63) is 97.9 Å². The lowest BCUT2D eigenvalue weighted by Gasteiger charge is -2.12. The maximum atomic E-state index is 6.22. The first-order valence-electron chi connectivity index (χ1n) is 9.80. The van der Waals surface area contributed by atoms with Crippen LogP contribution in [0.4, 0.5) is 0 Å². The summed E-state index contributed by atoms with van der Waals surface area (Å²) in [5.41, 5.74) is 4.43. The van der Waals surface area contributed by atoms with Crippen molar-refractivity contribution in [3.8, 4) is 5.75 Å². The zero-order chi connectivity index (χ0) is 20.5. The molecule has 0 amide bonds. The molecule has 0 bridgehead atoms. The van der Waals surface area contributed by atoms with Crippen LogP contribution in [0.5, 0.6) is 5.75 Å². The first-order chi connectivity index (χ1) is 14.2. The van der Waals surface area contributed by atoms with Gasteiger partial charge in [0.1, 0.15) is 5.75 Å². The lowest BCUT2D eigenvalue weighted by atomic mass is 10.1. The van der Waals surface area contributed by atoms with E-state index >= 15 is 0 Å². The Balaban J connectivity index is 1.94. The molecule has 0 aliphatic carbocycles. The molecular weight excluding hydrogens is 488 g/mol. The lowest BCUT2D eigenvalue weighted by molar-refractivity contribution is 0.308. The summed E-state index contributed by atoms with van der Waals surface area (Å²) in [6, 6.07) is 22.7. The average molecular weight is 512 g/mol.